The van der Waals surface area contributed by atoms with Gasteiger partial charge >= 0.3 is 0 Å². The number of rotatable bonds is 5. The van der Waals surface area contributed by atoms with E-state index in [9.17, 15) is 0 Å². The van der Waals surface area contributed by atoms with Crippen LogP contribution in [-0.2, 0) is 11.3 Å². The van der Waals surface area contributed by atoms with Gasteiger partial charge in [0.05, 0.1) is 7.11 Å². The SMILES string of the molecule is COCC1CCN(Cc2c(OC)cc(C)c3[nH]cc(C)c23)CC1. The molecule has 0 aliphatic carbocycles. The first-order chi connectivity index (χ1) is 11.1. The van der Waals surface area contributed by atoms with Crippen LogP contribution in [0, 0.1) is 19.8 Å². The van der Waals surface area contributed by atoms with E-state index in [1.165, 1.54) is 40.4 Å². The zero-order valence-corrected chi connectivity index (χ0v) is 14.7. The Morgan fingerprint density at radius 2 is 1.91 bits per heavy atom. The molecule has 0 unspecified atom stereocenters. The molecule has 1 saturated heterocycles. The summed E-state index contributed by atoms with van der Waals surface area (Å²) in [4.78, 5) is 5.97. The molecule has 3 rings (SSSR count). The lowest BCUT2D eigenvalue weighted by atomic mass is 9.96. The highest BCUT2D eigenvalue weighted by Gasteiger charge is 2.22. The molecule has 0 saturated carbocycles. The molecule has 0 radical (unpaired) electrons. The lowest BCUT2D eigenvalue weighted by molar-refractivity contribution is 0.0966. The number of hydrogen-bond donors (Lipinski definition) is 1. The van der Waals surface area contributed by atoms with E-state index in [-0.39, 0.29) is 0 Å². The minimum Gasteiger partial charge on any atom is -0.496 e. The highest BCUT2D eigenvalue weighted by Crippen LogP contribution is 2.34. The summed E-state index contributed by atoms with van der Waals surface area (Å²) in [5.74, 6) is 1.72. The highest BCUT2D eigenvalue weighted by atomic mass is 16.5. The summed E-state index contributed by atoms with van der Waals surface area (Å²) in [6.45, 7) is 8.43. The number of likely N-dealkylation sites (tertiary alicyclic amines) is 1. The Balaban J connectivity index is 1.85. The van der Waals surface area contributed by atoms with Gasteiger partial charge in [-0.3, -0.25) is 4.90 Å². The fourth-order valence-electron chi connectivity index (χ4n) is 3.81. The lowest BCUT2D eigenvalue weighted by Crippen LogP contribution is -2.34. The van der Waals surface area contributed by atoms with Crippen molar-refractivity contribution in [3.63, 3.8) is 0 Å². The summed E-state index contributed by atoms with van der Waals surface area (Å²) in [6.07, 6.45) is 4.54. The first kappa shape index (κ1) is 16.3. The number of aromatic nitrogens is 1. The Bertz CT molecular complexity index is 670. The summed E-state index contributed by atoms with van der Waals surface area (Å²) in [7, 11) is 3.58. The molecular weight excluding hydrogens is 288 g/mol. The number of piperidine rings is 1. The topological polar surface area (TPSA) is 37.5 Å². The van der Waals surface area contributed by atoms with Gasteiger partial charge in [-0.1, -0.05) is 0 Å². The molecule has 1 fully saturated rings. The van der Waals surface area contributed by atoms with E-state index in [2.05, 4.69) is 36.0 Å². The predicted molar refractivity (Wildman–Crippen MR) is 94.2 cm³/mol. The van der Waals surface area contributed by atoms with E-state index in [0.29, 0.717) is 5.92 Å². The third-order valence-electron chi connectivity index (χ3n) is 5.13. The molecule has 0 spiro atoms. The summed E-state index contributed by atoms with van der Waals surface area (Å²) in [5.41, 5.74) is 5.10. The van der Waals surface area contributed by atoms with Gasteiger partial charge in [-0.15, -0.1) is 0 Å². The summed E-state index contributed by atoms with van der Waals surface area (Å²) in [5, 5.41) is 1.33. The van der Waals surface area contributed by atoms with Crippen molar-refractivity contribution in [3.05, 3.63) is 29.0 Å². The average molecular weight is 316 g/mol. The highest BCUT2D eigenvalue weighted by molar-refractivity contribution is 5.91. The Kier molecular flexibility index (Phi) is 4.93. The van der Waals surface area contributed by atoms with Crippen LogP contribution in [0.25, 0.3) is 10.9 Å². The van der Waals surface area contributed by atoms with Crippen molar-refractivity contribution in [1.29, 1.82) is 0 Å². The van der Waals surface area contributed by atoms with Crippen LogP contribution in [0.15, 0.2) is 12.3 Å². The fourth-order valence-corrected chi connectivity index (χ4v) is 3.81. The molecule has 126 valence electrons. The van der Waals surface area contributed by atoms with Gasteiger partial charge in [0.2, 0.25) is 0 Å². The Morgan fingerprint density at radius 1 is 1.17 bits per heavy atom. The van der Waals surface area contributed by atoms with E-state index >= 15 is 0 Å². The molecule has 1 aliphatic rings. The first-order valence-electron chi connectivity index (χ1n) is 8.49. The van der Waals surface area contributed by atoms with E-state index in [4.69, 9.17) is 9.47 Å². The third kappa shape index (κ3) is 3.24. The maximum Gasteiger partial charge on any atom is 0.124 e. The van der Waals surface area contributed by atoms with Crippen LogP contribution in [0.2, 0.25) is 0 Å². The van der Waals surface area contributed by atoms with Crippen molar-refractivity contribution in [2.24, 2.45) is 5.92 Å². The number of aryl methyl sites for hydroxylation is 2. The van der Waals surface area contributed by atoms with E-state index < -0.39 is 0 Å². The number of H-pyrrole nitrogens is 1. The van der Waals surface area contributed by atoms with Crippen LogP contribution in [-0.4, -0.2) is 43.8 Å². The van der Waals surface area contributed by atoms with Crippen LogP contribution < -0.4 is 4.74 Å². The lowest BCUT2D eigenvalue weighted by Gasteiger charge is -2.32. The van der Waals surface area contributed by atoms with E-state index in [1.54, 1.807) is 14.2 Å². The van der Waals surface area contributed by atoms with Gasteiger partial charge in [0, 0.05) is 42.9 Å². The summed E-state index contributed by atoms with van der Waals surface area (Å²) in [6, 6.07) is 2.16. The smallest absolute Gasteiger partial charge is 0.124 e. The fraction of sp³-hybridized carbons (Fsp3) is 0.579. The number of hydrogen-bond acceptors (Lipinski definition) is 3. The third-order valence-corrected chi connectivity index (χ3v) is 5.13. The maximum atomic E-state index is 5.70. The van der Waals surface area contributed by atoms with Crippen molar-refractivity contribution in [2.75, 3.05) is 33.9 Å². The van der Waals surface area contributed by atoms with Crippen LogP contribution in [0.5, 0.6) is 5.75 Å². The van der Waals surface area contributed by atoms with Crippen molar-refractivity contribution in [2.45, 2.75) is 33.2 Å². The molecule has 4 nitrogen and oxygen atoms in total. The Morgan fingerprint density at radius 3 is 2.57 bits per heavy atom. The molecule has 1 N–H and O–H groups in total. The second-order valence-corrected chi connectivity index (χ2v) is 6.77. The second-order valence-electron chi connectivity index (χ2n) is 6.77. The van der Waals surface area contributed by atoms with Gasteiger partial charge in [-0.05, 0) is 62.9 Å². The average Bonchev–Trinajstić information content (AvgIpc) is 2.94. The molecule has 1 aliphatic heterocycles. The molecule has 1 aromatic heterocycles. The molecule has 4 heteroatoms. The molecular formula is C19H28N2O2. The van der Waals surface area contributed by atoms with Crippen LogP contribution in [0.4, 0.5) is 0 Å². The number of nitrogens with zero attached hydrogens (tertiary/aromatic N) is 1. The molecule has 0 atom stereocenters. The second kappa shape index (κ2) is 6.93. The van der Waals surface area contributed by atoms with Crippen molar-refractivity contribution < 1.29 is 9.47 Å². The normalized spacial score (nSPS) is 17.0. The van der Waals surface area contributed by atoms with Gasteiger partial charge in [-0.25, -0.2) is 0 Å². The molecule has 1 aromatic carbocycles. The Labute approximate surface area is 138 Å². The molecule has 0 amide bonds. The van der Waals surface area contributed by atoms with Gasteiger partial charge in [0.1, 0.15) is 5.75 Å². The van der Waals surface area contributed by atoms with Gasteiger partial charge in [0.15, 0.2) is 0 Å². The van der Waals surface area contributed by atoms with Crippen LogP contribution in [0.1, 0.15) is 29.5 Å². The zero-order chi connectivity index (χ0) is 16.4. The Hall–Kier alpha value is -1.52. The number of ether oxygens (including phenoxy) is 2. The minimum absolute atomic E-state index is 0.713. The van der Waals surface area contributed by atoms with E-state index in [0.717, 1.165) is 32.0 Å². The standard InChI is InChI=1S/C19H28N2O2/c1-13-9-17(23-4)16(18-14(2)10-20-19(13)18)11-21-7-5-15(6-8-21)12-22-3/h9-10,15,20H,5-8,11-12H2,1-4H3. The quantitative estimate of drug-likeness (QED) is 0.915. The van der Waals surface area contributed by atoms with Crippen LogP contribution >= 0.6 is 0 Å². The van der Waals surface area contributed by atoms with Crippen LogP contribution in [0.3, 0.4) is 0 Å². The number of benzene rings is 1. The van der Waals surface area contributed by atoms with Crippen molar-refractivity contribution in [1.82, 2.24) is 9.88 Å². The predicted octanol–water partition coefficient (Wildman–Crippen LogP) is 3.65. The molecule has 2 heterocycles. The van der Waals surface area contributed by atoms with Gasteiger partial charge < -0.3 is 14.5 Å². The minimum atomic E-state index is 0.713. The number of nitrogens with one attached hydrogen (secondary N) is 1. The number of methoxy groups -OCH3 is 2. The van der Waals surface area contributed by atoms with Gasteiger partial charge in [-0.2, -0.15) is 0 Å². The first-order valence-corrected chi connectivity index (χ1v) is 8.49. The number of fused-ring (bicyclic) bond motifs is 1. The van der Waals surface area contributed by atoms with Crippen molar-refractivity contribution in [3.8, 4) is 5.75 Å². The summed E-state index contributed by atoms with van der Waals surface area (Å²) >= 11 is 0. The molecule has 0 bridgehead atoms. The molecule has 2 aromatic rings. The zero-order valence-electron chi connectivity index (χ0n) is 14.7. The van der Waals surface area contributed by atoms with Crippen molar-refractivity contribution >= 4 is 10.9 Å². The monoisotopic (exact) mass is 316 g/mol. The van der Waals surface area contributed by atoms with E-state index in [1.807, 2.05) is 0 Å². The van der Waals surface area contributed by atoms with Gasteiger partial charge in [0.25, 0.3) is 0 Å². The largest absolute Gasteiger partial charge is 0.496 e. The molecule has 23 heavy (non-hydrogen) atoms. The number of aromatic amines is 1. The maximum absolute atomic E-state index is 5.70. The summed E-state index contributed by atoms with van der Waals surface area (Å²) < 4.78 is 11.0.